The molecule has 2 aromatic carbocycles. The van der Waals surface area contributed by atoms with Gasteiger partial charge in [-0.15, -0.1) is 0 Å². The fourth-order valence-electron chi connectivity index (χ4n) is 3.34. The third-order valence-corrected chi connectivity index (χ3v) is 5.29. The summed E-state index contributed by atoms with van der Waals surface area (Å²) >= 11 is 3.38. The van der Waals surface area contributed by atoms with Crippen LogP contribution in [0.5, 0.6) is 0 Å². The van der Waals surface area contributed by atoms with E-state index in [4.69, 9.17) is 11.1 Å². The number of nitrogen functional groups attached to an aromatic ring is 1. The molecule has 0 bridgehead atoms. The number of hydrogen-bond donors (Lipinski definition) is 2. The highest BCUT2D eigenvalue weighted by atomic mass is 79.9. The lowest BCUT2D eigenvalue weighted by Crippen LogP contribution is -2.29. The summed E-state index contributed by atoms with van der Waals surface area (Å²) in [5.41, 5.74) is 8.01. The van der Waals surface area contributed by atoms with Crippen LogP contribution in [0.25, 0.3) is 16.6 Å². The number of benzene rings is 2. The van der Waals surface area contributed by atoms with E-state index in [1.54, 1.807) is 36.4 Å². The van der Waals surface area contributed by atoms with Gasteiger partial charge in [0.2, 0.25) is 0 Å². The van der Waals surface area contributed by atoms with Gasteiger partial charge in [-0.1, -0.05) is 46.3 Å². The minimum Gasteiger partial charge on any atom is -0.383 e. The Labute approximate surface area is 179 Å². The van der Waals surface area contributed by atoms with Gasteiger partial charge in [-0.2, -0.15) is 15.2 Å². The van der Waals surface area contributed by atoms with Gasteiger partial charge in [-0.05, 0) is 35.9 Å². The van der Waals surface area contributed by atoms with Gasteiger partial charge in [0.25, 0.3) is 5.91 Å². The number of pyridine rings is 1. The number of aromatic nitrogens is 2. The third kappa shape index (κ3) is 2.87. The van der Waals surface area contributed by atoms with Gasteiger partial charge in [0, 0.05) is 15.6 Å². The number of fused-ring (bicyclic) bond motifs is 1. The molecule has 4 rings (SSSR count). The molecule has 0 saturated carbocycles. The van der Waals surface area contributed by atoms with Crippen LogP contribution in [0.1, 0.15) is 21.5 Å². The van der Waals surface area contributed by atoms with Crippen molar-refractivity contribution in [3.8, 4) is 23.3 Å². The van der Waals surface area contributed by atoms with Crippen LogP contribution in [-0.4, -0.2) is 15.1 Å². The zero-order valence-corrected chi connectivity index (χ0v) is 17.0. The van der Waals surface area contributed by atoms with E-state index in [0.29, 0.717) is 11.1 Å². The molecule has 3 N–H and O–H groups in total. The molecule has 7 nitrogen and oxygen atoms in total. The predicted molar refractivity (Wildman–Crippen MR) is 114 cm³/mol. The van der Waals surface area contributed by atoms with Crippen LogP contribution in [-0.2, 0) is 0 Å². The van der Waals surface area contributed by atoms with Gasteiger partial charge < -0.3 is 5.73 Å². The van der Waals surface area contributed by atoms with Crippen LogP contribution >= 0.6 is 15.9 Å². The Hall–Kier alpha value is -4.14. The van der Waals surface area contributed by atoms with E-state index >= 15 is 0 Å². The molecule has 2 aromatic heterocycles. The van der Waals surface area contributed by atoms with Crippen LogP contribution in [0.15, 0.2) is 65.1 Å². The highest BCUT2D eigenvalue weighted by Gasteiger charge is 2.23. The van der Waals surface area contributed by atoms with Crippen molar-refractivity contribution in [3.63, 3.8) is 0 Å². The molecular weight excluding hydrogens is 444 g/mol. The number of carbonyl (C=O) groups is 1. The first-order chi connectivity index (χ1) is 14.5. The lowest BCUT2D eigenvalue weighted by molar-refractivity contribution is 0.0935. The van der Waals surface area contributed by atoms with Crippen molar-refractivity contribution in [3.05, 3.63) is 87.3 Å². The molecule has 30 heavy (non-hydrogen) atoms. The molecule has 0 aliphatic carbocycles. The van der Waals surface area contributed by atoms with Crippen LogP contribution in [0, 0.1) is 28.1 Å². The second kappa shape index (κ2) is 7.36. The zero-order chi connectivity index (χ0) is 21.4. The number of carbonyl (C=O) groups excluding carboxylic acids is 1. The standard InChI is InChI=1S/C22H13BrN6O/c23-15-8-6-13(7-9-15)16-10-19-18(12-25)21(27)29(28(19)20(26)17(16)11-24)22(30)14-4-2-1-3-5-14/h1-10,27H,26H2. The van der Waals surface area contributed by atoms with Gasteiger partial charge in [-0.25, -0.2) is 4.52 Å². The number of hydrogen-bond acceptors (Lipinski definition) is 5. The molecule has 0 radical (unpaired) electrons. The van der Waals surface area contributed by atoms with Gasteiger partial charge in [0.1, 0.15) is 29.1 Å². The SMILES string of the molecule is N#Cc1c(-c2ccc(Br)cc2)cc2c(C#N)c(=N)n(C(=O)c3ccccc3)n2c1N. The molecular formula is C22H13BrN6O. The number of rotatable bonds is 2. The molecule has 0 aliphatic rings. The van der Waals surface area contributed by atoms with E-state index in [0.717, 1.165) is 14.7 Å². The first-order valence-corrected chi connectivity index (χ1v) is 9.58. The zero-order valence-electron chi connectivity index (χ0n) is 15.4. The summed E-state index contributed by atoms with van der Waals surface area (Å²) in [5, 5.41) is 27.9. The highest BCUT2D eigenvalue weighted by Crippen LogP contribution is 2.31. The van der Waals surface area contributed by atoms with E-state index in [-0.39, 0.29) is 27.9 Å². The third-order valence-electron chi connectivity index (χ3n) is 4.76. The Morgan fingerprint density at radius 3 is 2.23 bits per heavy atom. The molecule has 2 heterocycles. The Balaban J connectivity index is 2.10. The summed E-state index contributed by atoms with van der Waals surface area (Å²) in [5.74, 6) is -0.545. The lowest BCUT2D eigenvalue weighted by Gasteiger charge is -2.13. The average molecular weight is 457 g/mol. The van der Waals surface area contributed by atoms with Gasteiger partial charge in [0.05, 0.1) is 5.52 Å². The number of nitrogens with zero attached hydrogens (tertiary/aromatic N) is 4. The molecule has 0 atom stereocenters. The maximum absolute atomic E-state index is 13.1. The number of nitriles is 2. The largest absolute Gasteiger partial charge is 0.383 e. The Morgan fingerprint density at radius 2 is 1.63 bits per heavy atom. The van der Waals surface area contributed by atoms with Gasteiger partial charge in [0.15, 0.2) is 5.49 Å². The van der Waals surface area contributed by atoms with E-state index in [1.807, 2.05) is 30.3 Å². The van der Waals surface area contributed by atoms with Crippen molar-refractivity contribution in [1.29, 1.82) is 15.9 Å². The smallest absolute Gasteiger partial charge is 0.278 e. The monoisotopic (exact) mass is 456 g/mol. The minimum absolute atomic E-state index is 0.00571. The molecule has 0 saturated heterocycles. The van der Waals surface area contributed by atoms with E-state index in [1.165, 1.54) is 4.52 Å². The molecule has 8 heteroatoms. The van der Waals surface area contributed by atoms with Crippen molar-refractivity contribution >= 4 is 33.2 Å². The first kappa shape index (κ1) is 19.2. The van der Waals surface area contributed by atoms with E-state index in [9.17, 15) is 15.3 Å². The quantitative estimate of drug-likeness (QED) is 0.477. The molecule has 0 aliphatic heterocycles. The number of nitrogens with two attached hydrogens (primary N) is 1. The minimum atomic E-state index is -0.524. The van der Waals surface area contributed by atoms with Gasteiger partial charge in [-0.3, -0.25) is 10.2 Å². The fourth-order valence-corrected chi connectivity index (χ4v) is 3.61. The Morgan fingerprint density at radius 1 is 1.00 bits per heavy atom. The number of halogens is 1. The predicted octanol–water partition coefficient (Wildman–Crippen LogP) is 3.66. The topological polar surface area (TPSA) is 124 Å². The molecule has 144 valence electrons. The van der Waals surface area contributed by atoms with Crippen molar-refractivity contribution in [2.75, 3.05) is 5.73 Å². The normalized spacial score (nSPS) is 10.5. The Bertz CT molecular complexity index is 1450. The van der Waals surface area contributed by atoms with Crippen LogP contribution < -0.4 is 11.2 Å². The molecule has 0 amide bonds. The van der Waals surface area contributed by atoms with Crippen LogP contribution in [0.2, 0.25) is 0 Å². The second-order valence-corrected chi connectivity index (χ2v) is 7.37. The summed E-state index contributed by atoms with van der Waals surface area (Å²) in [4.78, 5) is 13.1. The molecule has 0 fully saturated rings. The van der Waals surface area contributed by atoms with Crippen molar-refractivity contribution in [2.24, 2.45) is 0 Å². The lowest BCUT2D eigenvalue weighted by atomic mass is 10.0. The van der Waals surface area contributed by atoms with Gasteiger partial charge >= 0.3 is 0 Å². The van der Waals surface area contributed by atoms with Crippen molar-refractivity contribution < 1.29 is 4.79 Å². The molecule has 4 aromatic rings. The van der Waals surface area contributed by atoms with E-state index < -0.39 is 5.91 Å². The number of nitrogens with one attached hydrogen (secondary N) is 1. The fraction of sp³-hybridized carbons (Fsp3) is 0. The maximum atomic E-state index is 13.1. The summed E-state index contributed by atoms with van der Waals surface area (Å²) in [7, 11) is 0. The summed E-state index contributed by atoms with van der Waals surface area (Å²) in [6, 6.07) is 21.4. The maximum Gasteiger partial charge on any atom is 0.278 e. The average Bonchev–Trinajstić information content (AvgIpc) is 3.05. The van der Waals surface area contributed by atoms with E-state index in [2.05, 4.69) is 22.0 Å². The first-order valence-electron chi connectivity index (χ1n) is 8.78. The summed E-state index contributed by atoms with van der Waals surface area (Å²) < 4.78 is 3.15. The van der Waals surface area contributed by atoms with Crippen molar-refractivity contribution in [1.82, 2.24) is 9.20 Å². The molecule has 0 spiro atoms. The van der Waals surface area contributed by atoms with Crippen molar-refractivity contribution in [2.45, 2.75) is 0 Å². The summed E-state index contributed by atoms with van der Waals surface area (Å²) in [6.07, 6.45) is 0. The number of anilines is 1. The highest BCUT2D eigenvalue weighted by molar-refractivity contribution is 9.10. The Kier molecular flexibility index (Phi) is 4.71. The van der Waals surface area contributed by atoms with Crippen LogP contribution in [0.4, 0.5) is 5.82 Å². The van der Waals surface area contributed by atoms with Crippen LogP contribution in [0.3, 0.4) is 0 Å². The molecule has 0 unspecified atom stereocenters. The summed E-state index contributed by atoms with van der Waals surface area (Å²) in [6.45, 7) is 0. The second-order valence-electron chi connectivity index (χ2n) is 6.45.